The number of imidazole rings is 1. The molecule has 1 amide bonds. The van der Waals surface area contributed by atoms with Crippen molar-refractivity contribution in [1.82, 2.24) is 9.55 Å². The largest absolute Gasteiger partial charge is 0.497 e. The van der Waals surface area contributed by atoms with E-state index < -0.39 is 0 Å². The van der Waals surface area contributed by atoms with Gasteiger partial charge in [-0.25, -0.2) is 4.98 Å². The molecule has 0 fully saturated rings. The highest BCUT2D eigenvalue weighted by molar-refractivity contribution is 8.00. The standard InChI is InChI=1S/C22H22N4O2S/c1-17(21(27)25(15-6-13-23)18-7-4-3-5-8-18)29-22-24-14-16-26(22)19-9-11-20(28-2)12-10-19/h3-5,7-12,14,16-17H,6,15H2,1-2H3/t17-/m0/s1. The van der Waals surface area contributed by atoms with Gasteiger partial charge in [0.25, 0.3) is 0 Å². The molecule has 0 bridgehead atoms. The summed E-state index contributed by atoms with van der Waals surface area (Å²) in [6.45, 7) is 2.22. The van der Waals surface area contributed by atoms with E-state index in [0.717, 1.165) is 22.3 Å². The average molecular weight is 407 g/mol. The number of thioether (sulfide) groups is 1. The molecular formula is C22H22N4O2S. The minimum Gasteiger partial charge on any atom is -0.497 e. The molecule has 1 aromatic heterocycles. The molecule has 0 N–H and O–H groups in total. The van der Waals surface area contributed by atoms with E-state index in [1.807, 2.05) is 72.3 Å². The number of carbonyl (C=O) groups is 1. The summed E-state index contributed by atoms with van der Waals surface area (Å²) >= 11 is 1.39. The van der Waals surface area contributed by atoms with E-state index in [-0.39, 0.29) is 17.6 Å². The first-order valence-electron chi connectivity index (χ1n) is 9.22. The van der Waals surface area contributed by atoms with Gasteiger partial charge >= 0.3 is 0 Å². The summed E-state index contributed by atoms with van der Waals surface area (Å²) in [6, 6.07) is 19.2. The Morgan fingerprint density at radius 1 is 1.24 bits per heavy atom. The van der Waals surface area contributed by atoms with E-state index in [9.17, 15) is 4.79 Å². The summed E-state index contributed by atoms with van der Waals surface area (Å²) in [5.41, 5.74) is 1.73. The molecule has 0 saturated heterocycles. The van der Waals surface area contributed by atoms with Crippen LogP contribution < -0.4 is 9.64 Å². The number of anilines is 1. The summed E-state index contributed by atoms with van der Waals surface area (Å²) in [4.78, 5) is 19.2. The van der Waals surface area contributed by atoms with Crippen molar-refractivity contribution in [2.45, 2.75) is 23.8 Å². The number of amides is 1. The monoisotopic (exact) mass is 406 g/mol. The first-order valence-corrected chi connectivity index (χ1v) is 10.1. The zero-order valence-corrected chi connectivity index (χ0v) is 17.2. The minimum absolute atomic E-state index is 0.0549. The molecule has 3 rings (SSSR count). The van der Waals surface area contributed by atoms with Gasteiger partial charge in [0.15, 0.2) is 5.16 Å². The van der Waals surface area contributed by atoms with Gasteiger partial charge in [-0.2, -0.15) is 5.26 Å². The molecule has 3 aromatic rings. The fourth-order valence-electron chi connectivity index (χ4n) is 2.88. The third-order valence-electron chi connectivity index (χ3n) is 4.37. The van der Waals surface area contributed by atoms with Crippen molar-refractivity contribution in [2.24, 2.45) is 0 Å². The fraction of sp³-hybridized carbons (Fsp3) is 0.227. The predicted molar refractivity (Wildman–Crippen MR) is 114 cm³/mol. The molecule has 0 saturated carbocycles. The van der Waals surface area contributed by atoms with Crippen LogP contribution in [0.2, 0.25) is 0 Å². The second-order valence-electron chi connectivity index (χ2n) is 6.27. The average Bonchev–Trinajstić information content (AvgIpc) is 3.22. The molecule has 7 heteroatoms. The molecule has 0 aliphatic carbocycles. The van der Waals surface area contributed by atoms with Gasteiger partial charge in [-0.3, -0.25) is 9.36 Å². The van der Waals surface area contributed by atoms with Crippen molar-refractivity contribution >= 4 is 23.4 Å². The maximum Gasteiger partial charge on any atom is 0.240 e. The van der Waals surface area contributed by atoms with Gasteiger partial charge in [0.05, 0.1) is 24.8 Å². The summed E-state index contributed by atoms with van der Waals surface area (Å²) in [5, 5.41) is 9.33. The van der Waals surface area contributed by atoms with Gasteiger partial charge in [0.2, 0.25) is 5.91 Å². The number of hydrogen-bond donors (Lipinski definition) is 0. The molecule has 148 valence electrons. The highest BCUT2D eigenvalue weighted by Crippen LogP contribution is 2.28. The third-order valence-corrected chi connectivity index (χ3v) is 5.44. The van der Waals surface area contributed by atoms with Gasteiger partial charge in [-0.1, -0.05) is 30.0 Å². The number of nitriles is 1. The Balaban J connectivity index is 1.78. The lowest BCUT2D eigenvalue weighted by Crippen LogP contribution is -2.37. The maximum atomic E-state index is 13.1. The topological polar surface area (TPSA) is 71.2 Å². The van der Waals surface area contributed by atoms with Crippen LogP contribution in [0.1, 0.15) is 13.3 Å². The van der Waals surface area contributed by atoms with Gasteiger partial charge in [-0.15, -0.1) is 0 Å². The molecule has 0 aliphatic rings. The van der Waals surface area contributed by atoms with Crippen LogP contribution in [0.3, 0.4) is 0 Å². The Morgan fingerprint density at radius 3 is 2.62 bits per heavy atom. The van der Waals surface area contributed by atoms with E-state index in [0.29, 0.717) is 6.54 Å². The molecule has 29 heavy (non-hydrogen) atoms. The number of hydrogen-bond acceptors (Lipinski definition) is 5. The van der Waals surface area contributed by atoms with Gasteiger partial charge in [-0.05, 0) is 43.3 Å². The SMILES string of the molecule is COc1ccc(-n2ccnc2S[C@@H](C)C(=O)N(CCC#N)c2ccccc2)cc1. The van der Waals surface area contributed by atoms with Crippen LogP contribution in [-0.4, -0.2) is 34.4 Å². The number of carbonyl (C=O) groups excluding carboxylic acids is 1. The lowest BCUT2D eigenvalue weighted by atomic mass is 10.2. The molecule has 0 aliphatic heterocycles. The highest BCUT2D eigenvalue weighted by atomic mass is 32.2. The molecule has 1 atom stereocenters. The number of ether oxygens (including phenoxy) is 1. The summed E-state index contributed by atoms with van der Waals surface area (Å²) < 4.78 is 7.15. The van der Waals surface area contributed by atoms with Crippen LogP contribution in [0.15, 0.2) is 72.1 Å². The zero-order valence-electron chi connectivity index (χ0n) is 16.4. The highest BCUT2D eigenvalue weighted by Gasteiger charge is 2.24. The third kappa shape index (κ3) is 4.98. The van der Waals surface area contributed by atoms with Crippen molar-refractivity contribution in [1.29, 1.82) is 5.26 Å². The van der Waals surface area contributed by atoms with E-state index in [2.05, 4.69) is 11.1 Å². The Hall–Kier alpha value is -3.24. The molecule has 2 aromatic carbocycles. The van der Waals surface area contributed by atoms with E-state index >= 15 is 0 Å². The maximum absolute atomic E-state index is 13.1. The van der Waals surface area contributed by atoms with Crippen LogP contribution in [0, 0.1) is 11.3 Å². The quantitative estimate of drug-likeness (QED) is 0.521. The smallest absolute Gasteiger partial charge is 0.240 e. The number of aromatic nitrogens is 2. The van der Waals surface area contributed by atoms with Crippen molar-refractivity contribution in [3.05, 3.63) is 67.0 Å². The van der Waals surface area contributed by atoms with E-state index in [4.69, 9.17) is 10.00 Å². The first-order chi connectivity index (χ1) is 14.1. The Kier molecular flexibility index (Phi) is 6.93. The van der Waals surface area contributed by atoms with Crippen LogP contribution in [0.5, 0.6) is 5.75 Å². The Morgan fingerprint density at radius 2 is 1.97 bits per heavy atom. The number of methoxy groups -OCH3 is 1. The normalized spacial score (nSPS) is 11.5. The lowest BCUT2D eigenvalue weighted by molar-refractivity contribution is -0.117. The van der Waals surface area contributed by atoms with Crippen LogP contribution >= 0.6 is 11.8 Å². The van der Waals surface area contributed by atoms with Crippen LogP contribution in [0.25, 0.3) is 5.69 Å². The number of nitrogens with zero attached hydrogens (tertiary/aromatic N) is 4. The molecule has 1 heterocycles. The fourth-order valence-corrected chi connectivity index (χ4v) is 3.83. The molecule has 0 radical (unpaired) electrons. The number of benzene rings is 2. The van der Waals surface area contributed by atoms with Gasteiger partial charge in [0, 0.05) is 30.3 Å². The predicted octanol–water partition coefficient (Wildman–Crippen LogP) is 4.31. The van der Waals surface area contributed by atoms with E-state index in [1.54, 1.807) is 18.2 Å². The van der Waals surface area contributed by atoms with Gasteiger partial charge < -0.3 is 9.64 Å². The molecule has 6 nitrogen and oxygen atoms in total. The molecular weight excluding hydrogens is 384 g/mol. The van der Waals surface area contributed by atoms with Crippen molar-refractivity contribution < 1.29 is 9.53 Å². The molecule has 0 unspecified atom stereocenters. The Bertz CT molecular complexity index is 980. The second-order valence-corrected chi connectivity index (χ2v) is 7.58. The minimum atomic E-state index is -0.367. The van der Waals surface area contributed by atoms with Crippen molar-refractivity contribution in [3.8, 4) is 17.5 Å². The van der Waals surface area contributed by atoms with E-state index in [1.165, 1.54) is 11.8 Å². The van der Waals surface area contributed by atoms with Crippen LogP contribution in [0.4, 0.5) is 5.69 Å². The Labute approximate surface area is 174 Å². The first kappa shape index (κ1) is 20.5. The molecule has 0 spiro atoms. The summed E-state index contributed by atoms with van der Waals surface area (Å²) in [6.07, 6.45) is 3.86. The van der Waals surface area contributed by atoms with Crippen molar-refractivity contribution in [2.75, 3.05) is 18.6 Å². The zero-order chi connectivity index (χ0) is 20.6. The second kappa shape index (κ2) is 9.80. The summed E-state index contributed by atoms with van der Waals surface area (Å²) in [5.74, 6) is 0.725. The number of rotatable bonds is 8. The lowest BCUT2D eigenvalue weighted by Gasteiger charge is -2.25. The van der Waals surface area contributed by atoms with Gasteiger partial charge in [0.1, 0.15) is 5.75 Å². The summed E-state index contributed by atoms with van der Waals surface area (Å²) in [7, 11) is 1.63. The number of para-hydroxylation sites is 1. The van der Waals surface area contributed by atoms with Crippen LogP contribution in [-0.2, 0) is 4.79 Å². The van der Waals surface area contributed by atoms with Crippen molar-refractivity contribution in [3.63, 3.8) is 0 Å².